The predicted molar refractivity (Wildman–Crippen MR) is 115 cm³/mol. The van der Waals surface area contributed by atoms with Crippen LogP contribution >= 0.6 is 11.3 Å². The van der Waals surface area contributed by atoms with Gasteiger partial charge < -0.3 is 15.4 Å². The number of hydrogen-bond donors (Lipinski definition) is 3. The summed E-state index contributed by atoms with van der Waals surface area (Å²) in [7, 11) is 0. The molecule has 1 aromatic heterocycles. The fourth-order valence-electron chi connectivity index (χ4n) is 3.40. The molecule has 0 aliphatic carbocycles. The molecule has 0 fully saturated rings. The lowest BCUT2D eigenvalue weighted by atomic mass is 9.99. The quantitative estimate of drug-likeness (QED) is 0.577. The van der Waals surface area contributed by atoms with Gasteiger partial charge in [0, 0.05) is 17.1 Å². The first kappa shape index (κ1) is 21.1. The highest BCUT2D eigenvalue weighted by Crippen LogP contribution is 2.27. The summed E-state index contributed by atoms with van der Waals surface area (Å²) < 4.78 is 5.24. The molecule has 29 heavy (non-hydrogen) atoms. The third kappa shape index (κ3) is 5.05. The van der Waals surface area contributed by atoms with E-state index in [0.29, 0.717) is 24.2 Å². The minimum absolute atomic E-state index is 0.0431. The van der Waals surface area contributed by atoms with Crippen molar-refractivity contribution in [3.8, 4) is 0 Å². The lowest BCUT2D eigenvalue weighted by Crippen LogP contribution is -2.52. The molecule has 154 valence electrons. The van der Waals surface area contributed by atoms with Gasteiger partial charge in [0.15, 0.2) is 0 Å². The van der Waals surface area contributed by atoms with Crippen molar-refractivity contribution < 1.29 is 14.3 Å². The van der Waals surface area contributed by atoms with Crippen LogP contribution in [0.5, 0.6) is 0 Å². The molecular weight excluding hydrogens is 386 g/mol. The first-order chi connectivity index (χ1) is 14.0. The Labute approximate surface area is 175 Å². The minimum atomic E-state index is -0.397. The number of aryl methyl sites for hydroxylation is 1. The van der Waals surface area contributed by atoms with Crippen LogP contribution in [0.4, 0.5) is 4.79 Å². The van der Waals surface area contributed by atoms with E-state index < -0.39 is 5.97 Å². The molecule has 1 aliphatic rings. The Morgan fingerprint density at radius 3 is 2.62 bits per heavy atom. The molecule has 1 aliphatic heterocycles. The van der Waals surface area contributed by atoms with E-state index >= 15 is 0 Å². The first-order valence-corrected chi connectivity index (χ1v) is 10.7. The lowest BCUT2D eigenvalue weighted by molar-refractivity contribution is -0.139. The number of amides is 2. The number of hydrogen-bond acceptors (Lipinski definition) is 5. The molecule has 0 radical (unpaired) electrons. The molecule has 0 spiro atoms. The van der Waals surface area contributed by atoms with Crippen molar-refractivity contribution in [2.45, 2.75) is 39.3 Å². The van der Waals surface area contributed by atoms with Gasteiger partial charge in [-0.05, 0) is 37.3 Å². The Bertz CT molecular complexity index is 875. The number of rotatable bonds is 8. The zero-order valence-electron chi connectivity index (χ0n) is 17.0. The van der Waals surface area contributed by atoms with Crippen molar-refractivity contribution in [3.05, 3.63) is 69.1 Å². The van der Waals surface area contributed by atoms with E-state index in [1.807, 2.05) is 18.4 Å². The number of thiophene rings is 1. The topological polar surface area (TPSA) is 79.5 Å². The average molecular weight is 414 g/mol. The number of carbonyl (C=O) groups is 2. The highest BCUT2D eigenvalue weighted by Gasteiger charge is 2.31. The predicted octanol–water partition coefficient (Wildman–Crippen LogP) is 3.64. The number of esters is 1. The van der Waals surface area contributed by atoms with Gasteiger partial charge in [-0.3, -0.25) is 5.32 Å². The summed E-state index contributed by atoms with van der Waals surface area (Å²) >= 11 is 1.67. The van der Waals surface area contributed by atoms with Crippen molar-refractivity contribution in [1.29, 1.82) is 0 Å². The molecule has 2 heterocycles. The number of ether oxygens (including phenoxy) is 1. The maximum atomic E-state index is 12.6. The first-order valence-electron chi connectivity index (χ1n) is 9.84. The Morgan fingerprint density at radius 2 is 2.00 bits per heavy atom. The van der Waals surface area contributed by atoms with E-state index in [1.165, 1.54) is 10.4 Å². The van der Waals surface area contributed by atoms with Crippen LogP contribution in [0.1, 0.15) is 42.3 Å². The van der Waals surface area contributed by atoms with Gasteiger partial charge in [0.25, 0.3) is 0 Å². The summed E-state index contributed by atoms with van der Waals surface area (Å²) in [5, 5.41) is 11.2. The second-order valence-corrected chi connectivity index (χ2v) is 7.89. The Morgan fingerprint density at radius 1 is 1.24 bits per heavy atom. The molecule has 6 nitrogen and oxygen atoms in total. The van der Waals surface area contributed by atoms with Gasteiger partial charge in [0.05, 0.1) is 24.3 Å². The summed E-state index contributed by atoms with van der Waals surface area (Å²) in [5.74, 6) is -0.397. The standard InChI is InChI=1S/C22H27N3O3S/c1-4-16-19(21(26)28-5-2)17(25-22(27)24-16)13-23-20(18-7-6-12-29-18)15-10-8-14(3)9-11-15/h6-12,16,20,23H,4-5,13H2,1-3H3,(H2,24,25,27)/t16-,20-/m1/s1. The van der Waals surface area contributed by atoms with Gasteiger partial charge in [0.2, 0.25) is 0 Å². The fraction of sp³-hybridized carbons (Fsp3) is 0.364. The second-order valence-electron chi connectivity index (χ2n) is 6.91. The van der Waals surface area contributed by atoms with Crippen LogP contribution in [-0.2, 0) is 9.53 Å². The molecule has 2 atom stereocenters. The van der Waals surface area contributed by atoms with Crippen molar-refractivity contribution in [1.82, 2.24) is 16.0 Å². The molecule has 3 rings (SSSR count). The summed E-state index contributed by atoms with van der Waals surface area (Å²) in [4.78, 5) is 25.8. The molecule has 0 bridgehead atoms. The summed E-state index contributed by atoms with van der Waals surface area (Å²) in [5.41, 5.74) is 3.37. The maximum Gasteiger partial charge on any atom is 0.337 e. The Balaban J connectivity index is 1.90. The maximum absolute atomic E-state index is 12.6. The molecule has 3 N–H and O–H groups in total. The van der Waals surface area contributed by atoms with E-state index in [9.17, 15) is 9.59 Å². The van der Waals surface area contributed by atoms with E-state index in [0.717, 1.165) is 5.56 Å². The number of nitrogens with one attached hydrogen (secondary N) is 3. The van der Waals surface area contributed by atoms with Gasteiger partial charge in [0.1, 0.15) is 0 Å². The van der Waals surface area contributed by atoms with Crippen LogP contribution in [0.3, 0.4) is 0 Å². The molecule has 2 aromatic rings. The lowest BCUT2D eigenvalue weighted by Gasteiger charge is -2.29. The Hall–Kier alpha value is -2.64. The third-order valence-electron chi connectivity index (χ3n) is 4.87. The van der Waals surface area contributed by atoms with E-state index in [2.05, 4.69) is 53.2 Å². The highest BCUT2D eigenvalue weighted by molar-refractivity contribution is 7.10. The van der Waals surface area contributed by atoms with Crippen molar-refractivity contribution in [2.24, 2.45) is 0 Å². The van der Waals surface area contributed by atoms with Crippen LogP contribution in [-0.4, -0.2) is 31.2 Å². The summed E-state index contributed by atoms with van der Waals surface area (Å²) in [6.07, 6.45) is 0.609. The van der Waals surface area contributed by atoms with Crippen LogP contribution in [0.2, 0.25) is 0 Å². The Kier molecular flexibility index (Phi) is 7.06. The van der Waals surface area contributed by atoms with E-state index in [-0.39, 0.29) is 24.7 Å². The van der Waals surface area contributed by atoms with Gasteiger partial charge in [-0.2, -0.15) is 0 Å². The van der Waals surface area contributed by atoms with Gasteiger partial charge >= 0.3 is 12.0 Å². The monoisotopic (exact) mass is 413 g/mol. The van der Waals surface area contributed by atoms with Crippen LogP contribution in [0.15, 0.2) is 53.0 Å². The second kappa shape index (κ2) is 9.71. The average Bonchev–Trinajstić information content (AvgIpc) is 3.23. The normalized spacial score (nSPS) is 17.5. The minimum Gasteiger partial charge on any atom is -0.463 e. The van der Waals surface area contributed by atoms with Crippen LogP contribution < -0.4 is 16.0 Å². The van der Waals surface area contributed by atoms with Crippen LogP contribution in [0.25, 0.3) is 0 Å². The zero-order chi connectivity index (χ0) is 20.8. The van der Waals surface area contributed by atoms with E-state index in [1.54, 1.807) is 18.3 Å². The molecular formula is C22H27N3O3S. The zero-order valence-corrected chi connectivity index (χ0v) is 17.8. The third-order valence-corrected chi connectivity index (χ3v) is 5.81. The molecule has 0 unspecified atom stereocenters. The number of carbonyl (C=O) groups excluding carboxylic acids is 2. The van der Waals surface area contributed by atoms with Crippen molar-refractivity contribution in [2.75, 3.05) is 13.2 Å². The smallest absolute Gasteiger partial charge is 0.337 e. The summed E-state index contributed by atoms with van der Waals surface area (Å²) in [6, 6.07) is 11.8. The van der Waals surface area contributed by atoms with Crippen molar-refractivity contribution in [3.63, 3.8) is 0 Å². The SMILES string of the molecule is CCOC(=O)C1=C(CN[C@H](c2ccc(C)cc2)c2cccs2)NC(=O)N[C@@H]1CC. The van der Waals surface area contributed by atoms with E-state index in [4.69, 9.17) is 4.74 Å². The molecule has 0 saturated carbocycles. The number of urea groups is 1. The van der Waals surface area contributed by atoms with Crippen LogP contribution in [0, 0.1) is 6.92 Å². The molecule has 1 aromatic carbocycles. The molecule has 0 saturated heterocycles. The molecule has 7 heteroatoms. The van der Waals surface area contributed by atoms with Crippen molar-refractivity contribution >= 4 is 23.3 Å². The fourth-order valence-corrected chi connectivity index (χ4v) is 4.23. The largest absolute Gasteiger partial charge is 0.463 e. The summed E-state index contributed by atoms with van der Waals surface area (Å²) in [6.45, 7) is 6.39. The van der Waals surface area contributed by atoms with Gasteiger partial charge in [-0.1, -0.05) is 42.8 Å². The molecule has 2 amide bonds. The van der Waals surface area contributed by atoms with Gasteiger partial charge in [-0.15, -0.1) is 11.3 Å². The number of benzene rings is 1. The van der Waals surface area contributed by atoms with Gasteiger partial charge in [-0.25, -0.2) is 9.59 Å². The highest BCUT2D eigenvalue weighted by atomic mass is 32.1.